The molecule has 3 heterocycles. The smallest absolute Gasteiger partial charge is 0.166 e. The Balaban J connectivity index is 1.49. The van der Waals surface area contributed by atoms with Crippen LogP contribution in [-0.4, -0.2) is 14.2 Å². The molecule has 0 fully saturated rings. The lowest BCUT2D eigenvalue weighted by Crippen LogP contribution is -2.33. The first-order valence-corrected chi connectivity index (χ1v) is 15.8. The third-order valence-electron chi connectivity index (χ3n) is 10.4. The quantitative estimate of drug-likeness (QED) is 0.221. The highest BCUT2D eigenvalue weighted by Gasteiger charge is 2.40. The first-order chi connectivity index (χ1) is 21.8. The van der Waals surface area contributed by atoms with Crippen molar-refractivity contribution >= 4 is 44.9 Å². The molecule has 0 radical (unpaired) electrons. The van der Waals surface area contributed by atoms with Crippen LogP contribution in [0.4, 0.5) is 0 Å². The lowest BCUT2D eigenvalue weighted by molar-refractivity contribution is 0.0334. The zero-order chi connectivity index (χ0) is 30.8. The highest BCUT2D eigenvalue weighted by Crippen LogP contribution is 2.54. The highest BCUT2D eigenvalue weighted by molar-refractivity contribution is 6.15. The van der Waals surface area contributed by atoms with E-state index in [9.17, 15) is 5.11 Å². The number of benzene rings is 5. The summed E-state index contributed by atoms with van der Waals surface area (Å²) >= 11 is 0. The average Bonchev–Trinajstić information content (AvgIpc) is 3.64. The van der Waals surface area contributed by atoms with Crippen LogP contribution < -0.4 is 0 Å². The molecule has 1 N–H and O–H groups in total. The maximum absolute atomic E-state index is 12.1. The molecule has 45 heavy (non-hydrogen) atoms. The number of nitrogens with zero attached hydrogens (tertiary/aromatic N) is 2. The Kier molecular flexibility index (Phi) is 5.11. The van der Waals surface area contributed by atoms with Crippen LogP contribution in [0.5, 0.6) is 0 Å². The van der Waals surface area contributed by atoms with Crippen LogP contribution in [0.1, 0.15) is 55.6 Å². The summed E-state index contributed by atoms with van der Waals surface area (Å²) in [4.78, 5) is 0. The van der Waals surface area contributed by atoms with Gasteiger partial charge in [0.1, 0.15) is 0 Å². The van der Waals surface area contributed by atoms with Gasteiger partial charge in [-0.2, -0.15) is 0 Å². The van der Waals surface area contributed by atoms with Gasteiger partial charge in [-0.3, -0.25) is 0 Å². The van der Waals surface area contributed by atoms with E-state index in [1.807, 2.05) is 19.1 Å². The first kappa shape index (κ1) is 26.3. The minimum atomic E-state index is -1.19. The van der Waals surface area contributed by atoms with Crippen molar-refractivity contribution in [1.29, 1.82) is 0 Å². The standard InChI is InChI=1S/C42H34N2O/c1-6-14-28-31-22-21-30-26-15-8-11-18-34(26)41(3,4)38(30)40(31)43(36(28)7-2)25-23-32-27-16-9-12-19-35(27)42(5,45)44-37-20-13-10-17-29(37)33(24-25)39(32)44/h6-24,45H,2H2,1,3-5H3/b14-6-. The molecule has 1 unspecified atom stereocenters. The normalized spacial score (nSPS) is 17.7. The molecule has 7 aromatic rings. The Hall–Kier alpha value is -5.12. The lowest BCUT2D eigenvalue weighted by Gasteiger charge is -2.35. The fourth-order valence-corrected chi connectivity index (χ4v) is 8.61. The van der Waals surface area contributed by atoms with Gasteiger partial charge in [-0.1, -0.05) is 111 Å². The molecule has 3 nitrogen and oxygen atoms in total. The fraction of sp³-hybridized carbons (Fsp3) is 0.143. The molecule has 218 valence electrons. The Labute approximate surface area is 263 Å². The van der Waals surface area contributed by atoms with Gasteiger partial charge in [0.2, 0.25) is 0 Å². The van der Waals surface area contributed by atoms with Gasteiger partial charge in [0.25, 0.3) is 0 Å². The van der Waals surface area contributed by atoms with E-state index < -0.39 is 5.72 Å². The van der Waals surface area contributed by atoms with Gasteiger partial charge >= 0.3 is 0 Å². The predicted molar refractivity (Wildman–Crippen MR) is 189 cm³/mol. The molecule has 0 bridgehead atoms. The summed E-state index contributed by atoms with van der Waals surface area (Å²) in [7, 11) is 0. The molecular formula is C42H34N2O. The van der Waals surface area contributed by atoms with Gasteiger partial charge in [-0.15, -0.1) is 0 Å². The number of para-hydroxylation sites is 1. The third kappa shape index (κ3) is 3.13. The van der Waals surface area contributed by atoms with Crippen LogP contribution in [0.2, 0.25) is 0 Å². The summed E-state index contributed by atoms with van der Waals surface area (Å²) < 4.78 is 4.57. The third-order valence-corrected chi connectivity index (χ3v) is 10.4. The Morgan fingerprint density at radius 1 is 0.689 bits per heavy atom. The van der Waals surface area contributed by atoms with Gasteiger partial charge in [0.15, 0.2) is 5.72 Å². The van der Waals surface area contributed by atoms with Crippen molar-refractivity contribution in [3.63, 3.8) is 0 Å². The van der Waals surface area contributed by atoms with Crippen molar-refractivity contribution in [2.75, 3.05) is 0 Å². The van der Waals surface area contributed by atoms with Crippen molar-refractivity contribution in [3.05, 3.63) is 138 Å². The fourth-order valence-electron chi connectivity index (χ4n) is 8.61. The highest BCUT2D eigenvalue weighted by atomic mass is 16.3. The van der Waals surface area contributed by atoms with Gasteiger partial charge in [-0.25, -0.2) is 0 Å². The van der Waals surface area contributed by atoms with Crippen molar-refractivity contribution < 1.29 is 5.11 Å². The van der Waals surface area contributed by atoms with E-state index in [2.05, 4.69) is 140 Å². The minimum Gasteiger partial charge on any atom is -0.367 e. The maximum atomic E-state index is 12.1. The van der Waals surface area contributed by atoms with E-state index in [0.717, 1.165) is 49.9 Å². The Morgan fingerprint density at radius 3 is 2.13 bits per heavy atom. The second-order valence-electron chi connectivity index (χ2n) is 13.2. The van der Waals surface area contributed by atoms with E-state index in [1.165, 1.54) is 38.7 Å². The van der Waals surface area contributed by atoms with Gasteiger partial charge in [0.05, 0.1) is 22.2 Å². The van der Waals surface area contributed by atoms with Crippen LogP contribution in [0.15, 0.2) is 110 Å². The predicted octanol–water partition coefficient (Wildman–Crippen LogP) is 10.4. The second kappa shape index (κ2) is 8.74. The lowest BCUT2D eigenvalue weighted by atomic mass is 9.81. The van der Waals surface area contributed by atoms with E-state index in [0.29, 0.717) is 0 Å². The van der Waals surface area contributed by atoms with E-state index >= 15 is 0 Å². The molecule has 0 spiro atoms. The number of aliphatic hydroxyl groups is 1. The topological polar surface area (TPSA) is 30.1 Å². The Morgan fingerprint density at radius 2 is 1.38 bits per heavy atom. The van der Waals surface area contributed by atoms with Crippen LogP contribution >= 0.6 is 0 Å². The molecule has 0 saturated heterocycles. The van der Waals surface area contributed by atoms with Gasteiger partial charge < -0.3 is 14.2 Å². The summed E-state index contributed by atoms with van der Waals surface area (Å²) in [6, 6.07) is 34.9. The van der Waals surface area contributed by atoms with Gasteiger partial charge in [0, 0.05) is 44.0 Å². The summed E-state index contributed by atoms with van der Waals surface area (Å²) in [5.41, 5.74) is 13.7. The maximum Gasteiger partial charge on any atom is 0.166 e. The largest absolute Gasteiger partial charge is 0.367 e. The number of allylic oxidation sites excluding steroid dienone is 1. The minimum absolute atomic E-state index is 0.188. The molecular weight excluding hydrogens is 548 g/mol. The van der Waals surface area contributed by atoms with Crippen molar-refractivity contribution in [3.8, 4) is 27.9 Å². The van der Waals surface area contributed by atoms with E-state index in [-0.39, 0.29) is 5.41 Å². The summed E-state index contributed by atoms with van der Waals surface area (Å²) in [6.07, 6.45) is 6.35. The number of fused-ring (bicyclic) bond motifs is 10. The number of aromatic nitrogens is 2. The first-order valence-electron chi connectivity index (χ1n) is 15.8. The molecule has 0 amide bonds. The van der Waals surface area contributed by atoms with Crippen LogP contribution in [-0.2, 0) is 11.1 Å². The van der Waals surface area contributed by atoms with E-state index in [1.54, 1.807) is 0 Å². The monoisotopic (exact) mass is 582 g/mol. The van der Waals surface area contributed by atoms with Gasteiger partial charge in [-0.05, 0) is 65.9 Å². The second-order valence-corrected chi connectivity index (χ2v) is 13.2. The number of hydrogen-bond acceptors (Lipinski definition) is 1. The van der Waals surface area contributed by atoms with Crippen LogP contribution in [0.3, 0.4) is 0 Å². The molecule has 2 aliphatic rings. The molecule has 2 aromatic heterocycles. The molecule has 9 rings (SSSR count). The molecule has 0 saturated carbocycles. The molecule has 1 aliphatic heterocycles. The van der Waals surface area contributed by atoms with Crippen molar-refractivity contribution in [2.24, 2.45) is 0 Å². The number of hydrogen-bond donors (Lipinski definition) is 1. The Bertz CT molecular complexity index is 2460. The summed E-state index contributed by atoms with van der Waals surface area (Å²) in [5, 5.41) is 15.6. The zero-order valence-electron chi connectivity index (χ0n) is 26.0. The molecule has 3 heteroatoms. The average molecular weight is 583 g/mol. The SMILES string of the molecule is C=Cc1c(/C=C\C)c2ccc3c(c2n1-c1cc2c4c(c1)c1ccccc1n4C(C)(O)c1ccccc1-2)C(C)(C)c1ccccc1-3. The van der Waals surface area contributed by atoms with Crippen LogP contribution in [0, 0.1) is 0 Å². The van der Waals surface area contributed by atoms with Crippen LogP contribution in [0.25, 0.3) is 72.8 Å². The van der Waals surface area contributed by atoms with Crippen molar-refractivity contribution in [1.82, 2.24) is 9.13 Å². The molecule has 1 atom stereocenters. The summed E-state index contributed by atoms with van der Waals surface area (Å²) in [6.45, 7) is 13.1. The number of rotatable bonds is 3. The van der Waals surface area contributed by atoms with E-state index in [4.69, 9.17) is 0 Å². The zero-order valence-corrected chi connectivity index (χ0v) is 26.0. The summed E-state index contributed by atoms with van der Waals surface area (Å²) in [5.74, 6) is 0. The van der Waals surface area contributed by atoms with Crippen molar-refractivity contribution in [2.45, 2.75) is 38.8 Å². The molecule has 5 aromatic carbocycles. The molecule has 1 aliphatic carbocycles.